The van der Waals surface area contributed by atoms with Crippen molar-refractivity contribution in [2.24, 2.45) is 0 Å². The highest BCUT2D eigenvalue weighted by molar-refractivity contribution is 5.98. The van der Waals surface area contributed by atoms with E-state index in [1.165, 1.54) is 11.3 Å². The molecule has 2 aliphatic heterocycles. The molecule has 0 aliphatic carbocycles. The van der Waals surface area contributed by atoms with E-state index >= 15 is 0 Å². The van der Waals surface area contributed by atoms with Crippen LogP contribution in [0.4, 0.5) is 22.7 Å². The first kappa shape index (κ1) is 17.6. The third-order valence-corrected chi connectivity index (χ3v) is 5.51. The van der Waals surface area contributed by atoms with Crippen LogP contribution in [0.3, 0.4) is 0 Å². The maximum Gasteiger partial charge on any atom is 0.265 e. The minimum absolute atomic E-state index is 0.00610. The smallest absolute Gasteiger partial charge is 0.265 e. The first-order valence-corrected chi connectivity index (χ1v) is 9.85. The highest BCUT2D eigenvalue weighted by Gasteiger charge is 2.28. The van der Waals surface area contributed by atoms with E-state index in [1.54, 1.807) is 12.4 Å². The number of fused-ring (bicyclic) bond motifs is 2. The molecule has 3 heterocycles. The van der Waals surface area contributed by atoms with E-state index in [1.807, 2.05) is 41.3 Å². The van der Waals surface area contributed by atoms with Gasteiger partial charge in [-0.05, 0) is 42.3 Å². The third kappa shape index (κ3) is 3.49. The van der Waals surface area contributed by atoms with Crippen molar-refractivity contribution in [1.82, 2.24) is 4.98 Å². The zero-order valence-electron chi connectivity index (χ0n) is 16.0. The van der Waals surface area contributed by atoms with Crippen molar-refractivity contribution in [2.75, 3.05) is 35.2 Å². The van der Waals surface area contributed by atoms with Gasteiger partial charge in [0.1, 0.15) is 5.75 Å². The summed E-state index contributed by atoms with van der Waals surface area (Å²) in [4.78, 5) is 18.4. The molecule has 0 radical (unpaired) electrons. The molecule has 1 unspecified atom stereocenters. The number of hydrogen-bond acceptors (Lipinski definition) is 5. The number of anilines is 4. The summed E-state index contributed by atoms with van der Waals surface area (Å²) >= 11 is 0. The van der Waals surface area contributed by atoms with Gasteiger partial charge in [0.25, 0.3) is 5.91 Å². The molecule has 5 rings (SSSR count). The van der Waals surface area contributed by atoms with Crippen LogP contribution in [-0.2, 0) is 4.79 Å². The zero-order valence-corrected chi connectivity index (χ0v) is 16.0. The van der Waals surface area contributed by atoms with E-state index in [0.717, 1.165) is 35.8 Å². The zero-order chi connectivity index (χ0) is 19.6. The summed E-state index contributed by atoms with van der Waals surface area (Å²) in [5.41, 5.74) is 5.25. The summed E-state index contributed by atoms with van der Waals surface area (Å²) < 4.78 is 5.72. The summed E-state index contributed by atoms with van der Waals surface area (Å²) in [6, 6.07) is 18.1. The van der Waals surface area contributed by atoms with Crippen LogP contribution in [-0.4, -0.2) is 30.6 Å². The first-order chi connectivity index (χ1) is 14.3. The number of para-hydroxylation sites is 1. The molecule has 0 bridgehead atoms. The second kappa shape index (κ2) is 7.47. The molecule has 6 heteroatoms. The van der Waals surface area contributed by atoms with Gasteiger partial charge >= 0.3 is 0 Å². The van der Waals surface area contributed by atoms with Gasteiger partial charge in [-0.3, -0.25) is 9.78 Å². The number of nitrogens with zero attached hydrogens (tertiary/aromatic N) is 2. The quantitative estimate of drug-likeness (QED) is 0.690. The molecule has 0 spiro atoms. The largest absolute Gasteiger partial charge is 0.481 e. The van der Waals surface area contributed by atoms with Gasteiger partial charge in [0.05, 0.1) is 5.69 Å². The van der Waals surface area contributed by atoms with E-state index in [-0.39, 0.29) is 12.5 Å². The number of carbonyl (C=O) groups excluding carboxylic acids is 1. The standard InChI is InChI=1S/C23H22N4O2/c28-23-15-29-22-13-18(26-17-7-10-24-11-8-17)5-6-21(22)27(23)12-9-16-14-25-20-4-2-1-3-19(16)20/h1-8,10-11,13,16,25H,9,12,14-15H2,(H,24,26). The highest BCUT2D eigenvalue weighted by atomic mass is 16.5. The topological polar surface area (TPSA) is 66.5 Å². The Morgan fingerprint density at radius 1 is 1.10 bits per heavy atom. The molecular formula is C23H22N4O2. The number of ether oxygens (including phenoxy) is 1. The molecule has 3 aromatic rings. The van der Waals surface area contributed by atoms with E-state index in [9.17, 15) is 4.79 Å². The minimum Gasteiger partial charge on any atom is -0.481 e. The summed E-state index contributed by atoms with van der Waals surface area (Å²) in [5, 5.41) is 6.79. The maximum absolute atomic E-state index is 12.5. The average Bonchev–Trinajstić information content (AvgIpc) is 3.17. The fourth-order valence-corrected chi connectivity index (χ4v) is 4.03. The molecule has 1 amide bonds. The molecule has 0 fully saturated rings. The van der Waals surface area contributed by atoms with Gasteiger partial charge in [0.2, 0.25) is 0 Å². The third-order valence-electron chi connectivity index (χ3n) is 5.51. The van der Waals surface area contributed by atoms with E-state index in [2.05, 4.69) is 33.8 Å². The van der Waals surface area contributed by atoms with Crippen LogP contribution in [0.2, 0.25) is 0 Å². The Kier molecular flexibility index (Phi) is 4.52. The molecule has 6 nitrogen and oxygen atoms in total. The van der Waals surface area contributed by atoms with Gasteiger partial charge in [-0.1, -0.05) is 18.2 Å². The number of aromatic nitrogens is 1. The van der Waals surface area contributed by atoms with Crippen molar-refractivity contribution in [1.29, 1.82) is 0 Å². The Morgan fingerprint density at radius 2 is 1.97 bits per heavy atom. The van der Waals surface area contributed by atoms with Crippen molar-refractivity contribution in [3.63, 3.8) is 0 Å². The fraction of sp³-hybridized carbons (Fsp3) is 0.217. The Labute approximate surface area is 169 Å². The highest BCUT2D eigenvalue weighted by Crippen LogP contribution is 2.37. The number of hydrogen-bond donors (Lipinski definition) is 2. The number of nitrogens with one attached hydrogen (secondary N) is 2. The summed E-state index contributed by atoms with van der Waals surface area (Å²) in [6.07, 6.45) is 4.40. The normalized spacial score (nSPS) is 17.2. The number of benzene rings is 2. The lowest BCUT2D eigenvalue weighted by atomic mass is 9.97. The van der Waals surface area contributed by atoms with Crippen LogP contribution in [0.25, 0.3) is 0 Å². The molecule has 1 aromatic heterocycles. The predicted molar refractivity (Wildman–Crippen MR) is 114 cm³/mol. The van der Waals surface area contributed by atoms with Crippen LogP contribution >= 0.6 is 0 Å². The number of amides is 1. The predicted octanol–water partition coefficient (Wildman–Crippen LogP) is 4.15. The van der Waals surface area contributed by atoms with Gasteiger partial charge in [0.15, 0.2) is 6.61 Å². The molecule has 1 atom stereocenters. The monoisotopic (exact) mass is 386 g/mol. The van der Waals surface area contributed by atoms with Crippen LogP contribution in [0.1, 0.15) is 17.9 Å². The second-order valence-corrected chi connectivity index (χ2v) is 7.33. The van der Waals surface area contributed by atoms with Gasteiger partial charge in [-0.15, -0.1) is 0 Å². The fourth-order valence-electron chi connectivity index (χ4n) is 4.03. The van der Waals surface area contributed by atoms with E-state index < -0.39 is 0 Å². The molecule has 2 aromatic carbocycles. The lowest BCUT2D eigenvalue weighted by molar-refractivity contribution is -0.121. The lowest BCUT2D eigenvalue weighted by Gasteiger charge is -2.30. The Bertz CT molecular complexity index is 1040. The van der Waals surface area contributed by atoms with E-state index in [0.29, 0.717) is 12.5 Å². The van der Waals surface area contributed by atoms with Crippen molar-refractivity contribution in [3.05, 3.63) is 72.6 Å². The van der Waals surface area contributed by atoms with Gasteiger partial charge in [-0.2, -0.15) is 0 Å². The molecule has 29 heavy (non-hydrogen) atoms. The Morgan fingerprint density at radius 3 is 2.86 bits per heavy atom. The van der Waals surface area contributed by atoms with Gasteiger partial charge < -0.3 is 20.3 Å². The first-order valence-electron chi connectivity index (χ1n) is 9.85. The van der Waals surface area contributed by atoms with Gasteiger partial charge in [-0.25, -0.2) is 0 Å². The molecule has 146 valence electrons. The summed E-state index contributed by atoms with van der Waals surface area (Å²) in [6.45, 7) is 1.66. The van der Waals surface area contributed by atoms with Crippen LogP contribution in [0.15, 0.2) is 67.0 Å². The summed E-state index contributed by atoms with van der Waals surface area (Å²) in [7, 11) is 0. The molecule has 2 aliphatic rings. The number of pyridine rings is 1. The van der Waals surface area contributed by atoms with Crippen LogP contribution < -0.4 is 20.3 Å². The minimum atomic E-state index is 0.00610. The Hall–Kier alpha value is -3.54. The second-order valence-electron chi connectivity index (χ2n) is 7.33. The van der Waals surface area contributed by atoms with Crippen LogP contribution in [0.5, 0.6) is 5.75 Å². The Balaban J connectivity index is 1.32. The summed E-state index contributed by atoms with van der Waals surface area (Å²) in [5.74, 6) is 1.15. The van der Waals surface area contributed by atoms with Crippen molar-refractivity contribution in [2.45, 2.75) is 12.3 Å². The number of rotatable bonds is 5. The molecule has 2 N–H and O–H groups in total. The van der Waals surface area contributed by atoms with Crippen LogP contribution in [0, 0.1) is 0 Å². The van der Waals surface area contributed by atoms with Crippen molar-refractivity contribution >= 4 is 28.7 Å². The average molecular weight is 386 g/mol. The maximum atomic E-state index is 12.5. The van der Waals surface area contributed by atoms with Crippen molar-refractivity contribution < 1.29 is 9.53 Å². The van der Waals surface area contributed by atoms with E-state index in [4.69, 9.17) is 4.74 Å². The molecule has 0 saturated heterocycles. The molecular weight excluding hydrogens is 364 g/mol. The van der Waals surface area contributed by atoms with Crippen molar-refractivity contribution in [3.8, 4) is 5.75 Å². The SMILES string of the molecule is O=C1COc2cc(Nc3ccncc3)ccc2N1CCC1CNc2ccccc21. The molecule has 0 saturated carbocycles. The number of carbonyl (C=O) groups is 1. The lowest BCUT2D eigenvalue weighted by Crippen LogP contribution is -2.39. The van der Waals surface area contributed by atoms with Gasteiger partial charge in [0, 0.05) is 54.5 Å².